The number of likely N-dealkylation sites (tertiary alicyclic amines) is 1. The molecule has 1 saturated heterocycles. The van der Waals surface area contributed by atoms with Crippen LogP contribution in [0, 0.1) is 11.8 Å². The van der Waals surface area contributed by atoms with Crippen LogP contribution in [0.5, 0.6) is 0 Å². The standard InChI is InChI=1S/C16H20ClNO/c17-15-7-2-1-6-14(15)16(19)11-18-9-12-4-3-5-13(8-12)10-18/h1-2,6-7,12-13H,3-5,8-11H2. The number of hydrogen-bond acceptors (Lipinski definition) is 2. The van der Waals surface area contributed by atoms with Crippen molar-refractivity contribution in [2.75, 3.05) is 19.6 Å². The fourth-order valence-corrected chi connectivity index (χ4v) is 3.88. The molecule has 1 aromatic rings. The molecule has 0 radical (unpaired) electrons. The first-order chi connectivity index (χ1) is 9.22. The van der Waals surface area contributed by atoms with Crippen molar-refractivity contribution < 1.29 is 4.79 Å². The van der Waals surface area contributed by atoms with Crippen LogP contribution in [0.4, 0.5) is 0 Å². The van der Waals surface area contributed by atoms with Crippen LogP contribution >= 0.6 is 11.6 Å². The number of halogens is 1. The van der Waals surface area contributed by atoms with Gasteiger partial charge in [0.2, 0.25) is 0 Å². The third-order valence-electron chi connectivity index (χ3n) is 4.47. The molecule has 1 aliphatic carbocycles. The van der Waals surface area contributed by atoms with Gasteiger partial charge in [0.1, 0.15) is 0 Å². The zero-order valence-corrected chi connectivity index (χ0v) is 11.9. The molecular formula is C16H20ClNO. The van der Waals surface area contributed by atoms with Crippen molar-refractivity contribution in [3.8, 4) is 0 Å². The molecular weight excluding hydrogens is 258 g/mol. The molecule has 1 heterocycles. The van der Waals surface area contributed by atoms with Crippen LogP contribution in [0.25, 0.3) is 0 Å². The van der Waals surface area contributed by atoms with Crippen molar-refractivity contribution >= 4 is 17.4 Å². The summed E-state index contributed by atoms with van der Waals surface area (Å²) in [6, 6.07) is 7.36. The van der Waals surface area contributed by atoms with E-state index in [9.17, 15) is 4.79 Å². The van der Waals surface area contributed by atoms with Crippen molar-refractivity contribution in [1.82, 2.24) is 4.90 Å². The van der Waals surface area contributed by atoms with E-state index in [1.807, 2.05) is 18.2 Å². The van der Waals surface area contributed by atoms with Crippen molar-refractivity contribution in [1.29, 1.82) is 0 Å². The van der Waals surface area contributed by atoms with E-state index in [0.717, 1.165) is 24.9 Å². The van der Waals surface area contributed by atoms with Gasteiger partial charge in [0, 0.05) is 18.7 Å². The number of benzene rings is 1. The number of carbonyl (C=O) groups excluding carboxylic acids is 1. The summed E-state index contributed by atoms with van der Waals surface area (Å²) >= 11 is 6.09. The van der Waals surface area contributed by atoms with Gasteiger partial charge in [0.15, 0.2) is 5.78 Å². The van der Waals surface area contributed by atoms with Crippen LogP contribution in [0.15, 0.2) is 24.3 Å². The van der Waals surface area contributed by atoms with E-state index in [2.05, 4.69) is 4.90 Å². The second kappa shape index (κ2) is 5.64. The Kier molecular flexibility index (Phi) is 3.90. The van der Waals surface area contributed by atoms with E-state index in [0.29, 0.717) is 17.1 Å². The van der Waals surface area contributed by atoms with Gasteiger partial charge in [-0.3, -0.25) is 9.69 Å². The summed E-state index contributed by atoms with van der Waals surface area (Å²) in [5, 5.41) is 0.574. The summed E-state index contributed by atoms with van der Waals surface area (Å²) in [4.78, 5) is 14.7. The monoisotopic (exact) mass is 277 g/mol. The van der Waals surface area contributed by atoms with Gasteiger partial charge in [0.25, 0.3) is 0 Å². The first kappa shape index (κ1) is 13.1. The number of nitrogens with zero attached hydrogens (tertiary/aromatic N) is 1. The van der Waals surface area contributed by atoms with E-state index >= 15 is 0 Å². The second-order valence-corrected chi connectivity index (χ2v) is 6.40. The predicted molar refractivity (Wildman–Crippen MR) is 77.7 cm³/mol. The Morgan fingerprint density at radius 1 is 1.21 bits per heavy atom. The summed E-state index contributed by atoms with van der Waals surface area (Å²) in [7, 11) is 0. The second-order valence-electron chi connectivity index (χ2n) is 6.00. The van der Waals surface area contributed by atoms with Crippen LogP contribution in [0.2, 0.25) is 5.02 Å². The number of piperidine rings is 1. The molecule has 2 unspecified atom stereocenters. The Bertz CT molecular complexity index is 462. The Morgan fingerprint density at radius 2 is 1.89 bits per heavy atom. The van der Waals surface area contributed by atoms with Crippen molar-refractivity contribution in [2.24, 2.45) is 11.8 Å². The summed E-state index contributed by atoms with van der Waals surface area (Å²) in [5.41, 5.74) is 0.667. The highest BCUT2D eigenvalue weighted by Gasteiger charge is 2.31. The highest BCUT2D eigenvalue weighted by atomic mass is 35.5. The lowest BCUT2D eigenvalue weighted by Crippen LogP contribution is -2.44. The molecule has 0 N–H and O–H groups in total. The fourth-order valence-electron chi connectivity index (χ4n) is 3.64. The van der Waals surface area contributed by atoms with Gasteiger partial charge in [0.05, 0.1) is 11.6 Å². The van der Waals surface area contributed by atoms with Gasteiger partial charge >= 0.3 is 0 Å². The minimum Gasteiger partial charge on any atom is -0.295 e. The third-order valence-corrected chi connectivity index (χ3v) is 4.80. The zero-order chi connectivity index (χ0) is 13.2. The minimum atomic E-state index is 0.158. The lowest BCUT2D eigenvalue weighted by Gasteiger charge is -2.41. The number of Topliss-reactive ketones (excluding diaryl/α,β-unsaturated/α-hetero) is 1. The van der Waals surface area contributed by atoms with Crippen molar-refractivity contribution in [3.63, 3.8) is 0 Å². The molecule has 1 aromatic carbocycles. The molecule has 0 aromatic heterocycles. The molecule has 3 heteroatoms. The van der Waals surface area contributed by atoms with Gasteiger partial charge < -0.3 is 0 Å². The topological polar surface area (TPSA) is 20.3 Å². The molecule has 2 fully saturated rings. The average molecular weight is 278 g/mol. The third kappa shape index (κ3) is 3.01. The normalized spacial score (nSPS) is 27.2. The maximum Gasteiger partial charge on any atom is 0.178 e. The quantitative estimate of drug-likeness (QED) is 0.786. The predicted octanol–water partition coefficient (Wildman–Crippen LogP) is 3.64. The number of rotatable bonds is 3. The highest BCUT2D eigenvalue weighted by Crippen LogP contribution is 2.34. The molecule has 19 heavy (non-hydrogen) atoms. The largest absolute Gasteiger partial charge is 0.295 e. The van der Waals surface area contributed by atoms with E-state index in [4.69, 9.17) is 11.6 Å². The minimum absolute atomic E-state index is 0.158. The van der Waals surface area contributed by atoms with Gasteiger partial charge in [-0.05, 0) is 43.2 Å². The van der Waals surface area contributed by atoms with Gasteiger partial charge in [-0.15, -0.1) is 0 Å². The molecule has 102 valence electrons. The summed E-state index contributed by atoms with van der Waals surface area (Å²) in [6.45, 7) is 2.70. The van der Waals surface area contributed by atoms with Crippen LogP contribution in [-0.2, 0) is 0 Å². The molecule has 2 atom stereocenters. The number of hydrogen-bond donors (Lipinski definition) is 0. The Morgan fingerprint density at radius 3 is 2.58 bits per heavy atom. The fraction of sp³-hybridized carbons (Fsp3) is 0.562. The molecule has 2 bridgehead atoms. The maximum absolute atomic E-state index is 12.3. The van der Waals surface area contributed by atoms with E-state index in [-0.39, 0.29) is 5.78 Å². The van der Waals surface area contributed by atoms with Crippen molar-refractivity contribution in [3.05, 3.63) is 34.9 Å². The Balaban J connectivity index is 1.65. The first-order valence-electron chi connectivity index (χ1n) is 7.22. The molecule has 0 amide bonds. The maximum atomic E-state index is 12.3. The zero-order valence-electron chi connectivity index (χ0n) is 11.1. The Labute approximate surface area is 119 Å². The van der Waals surface area contributed by atoms with Gasteiger partial charge in [-0.1, -0.05) is 30.2 Å². The summed E-state index contributed by atoms with van der Waals surface area (Å²) in [6.07, 6.45) is 5.43. The number of ketones is 1. The molecule has 2 aliphatic rings. The molecule has 1 saturated carbocycles. The van der Waals surface area contributed by atoms with Crippen LogP contribution in [0.1, 0.15) is 36.0 Å². The molecule has 3 rings (SSSR count). The van der Waals surface area contributed by atoms with E-state index in [1.54, 1.807) is 6.07 Å². The number of fused-ring (bicyclic) bond motifs is 2. The molecule has 1 aliphatic heterocycles. The summed E-state index contributed by atoms with van der Waals surface area (Å²) in [5.74, 6) is 1.78. The van der Waals surface area contributed by atoms with Gasteiger partial charge in [-0.25, -0.2) is 0 Å². The SMILES string of the molecule is O=C(CN1CC2CCCC(C2)C1)c1ccccc1Cl. The van der Waals surface area contributed by atoms with E-state index < -0.39 is 0 Å². The van der Waals surface area contributed by atoms with Gasteiger partial charge in [-0.2, -0.15) is 0 Å². The lowest BCUT2D eigenvalue weighted by atomic mass is 9.78. The van der Waals surface area contributed by atoms with Crippen molar-refractivity contribution in [2.45, 2.75) is 25.7 Å². The first-order valence-corrected chi connectivity index (χ1v) is 7.60. The Hall–Kier alpha value is -0.860. The van der Waals surface area contributed by atoms with E-state index in [1.165, 1.54) is 25.7 Å². The average Bonchev–Trinajstić information content (AvgIpc) is 2.38. The smallest absolute Gasteiger partial charge is 0.178 e. The van der Waals surface area contributed by atoms with Crippen LogP contribution in [-0.4, -0.2) is 30.3 Å². The van der Waals surface area contributed by atoms with Crippen LogP contribution in [0.3, 0.4) is 0 Å². The highest BCUT2D eigenvalue weighted by molar-refractivity contribution is 6.34. The molecule has 0 spiro atoms. The lowest BCUT2D eigenvalue weighted by molar-refractivity contribution is 0.0702. The number of carbonyl (C=O) groups is 1. The van der Waals surface area contributed by atoms with Crippen LogP contribution < -0.4 is 0 Å². The summed E-state index contributed by atoms with van der Waals surface area (Å²) < 4.78 is 0. The molecule has 2 nitrogen and oxygen atoms in total.